The van der Waals surface area contributed by atoms with Gasteiger partial charge in [0.15, 0.2) is 6.61 Å². The summed E-state index contributed by atoms with van der Waals surface area (Å²) in [7, 11) is 0. The van der Waals surface area contributed by atoms with Crippen molar-refractivity contribution in [3.63, 3.8) is 0 Å². The number of hydrogen-bond acceptors (Lipinski definition) is 7. The molecule has 148 valence electrons. The zero-order valence-corrected chi connectivity index (χ0v) is 15.7. The van der Waals surface area contributed by atoms with Crippen LogP contribution in [0.4, 0.5) is 14.9 Å². The van der Waals surface area contributed by atoms with Crippen LogP contribution in [0.2, 0.25) is 0 Å². The number of urea groups is 1. The van der Waals surface area contributed by atoms with Gasteiger partial charge < -0.3 is 10.1 Å². The Bertz CT molecular complexity index is 1030. The number of carbonyl (C=O) groups is 3. The molecule has 0 fully saturated rings. The van der Waals surface area contributed by atoms with E-state index >= 15 is 0 Å². The molecule has 1 aromatic carbocycles. The number of thiazole rings is 1. The molecular weight excluding hydrogens is 399 g/mol. The maximum Gasteiger partial charge on any atom is 0.326 e. The predicted molar refractivity (Wildman–Crippen MR) is 104 cm³/mol. The molecule has 3 rings (SSSR count). The maximum atomic E-state index is 13.5. The number of ether oxygens (including phenoxy) is 1. The molecule has 0 bridgehead atoms. The van der Waals surface area contributed by atoms with Gasteiger partial charge in [-0.25, -0.2) is 14.2 Å². The van der Waals surface area contributed by atoms with Crippen molar-refractivity contribution in [2.24, 2.45) is 0 Å². The van der Waals surface area contributed by atoms with Gasteiger partial charge in [0.25, 0.3) is 5.91 Å². The summed E-state index contributed by atoms with van der Waals surface area (Å²) >= 11 is 1.36. The number of nitrogens with zero attached hydrogens (tertiary/aromatic N) is 2. The Morgan fingerprint density at radius 1 is 1.14 bits per heavy atom. The van der Waals surface area contributed by atoms with Gasteiger partial charge in [-0.2, -0.15) is 0 Å². The first kappa shape index (κ1) is 20.1. The highest BCUT2D eigenvalue weighted by Crippen LogP contribution is 2.22. The topological polar surface area (TPSA) is 110 Å². The first-order chi connectivity index (χ1) is 14.0. The smallest absolute Gasteiger partial charge is 0.326 e. The average molecular weight is 414 g/mol. The van der Waals surface area contributed by atoms with Crippen molar-refractivity contribution < 1.29 is 23.5 Å². The van der Waals surface area contributed by atoms with Crippen LogP contribution in [0.25, 0.3) is 10.6 Å². The van der Waals surface area contributed by atoms with E-state index in [4.69, 9.17) is 4.74 Å². The molecule has 3 aromatic rings. The van der Waals surface area contributed by atoms with E-state index in [0.717, 1.165) is 11.6 Å². The first-order valence-electron chi connectivity index (χ1n) is 8.37. The SMILES string of the molecule is O=C(COC(=O)Cc1csc(-c2cccnc2)n1)NC(=O)Nc1ccccc1F. The molecule has 0 aliphatic heterocycles. The second-order valence-corrected chi connectivity index (χ2v) is 6.56. The molecule has 0 unspecified atom stereocenters. The second kappa shape index (κ2) is 9.51. The summed E-state index contributed by atoms with van der Waals surface area (Å²) in [5.74, 6) is -2.16. The number of nitrogens with one attached hydrogen (secondary N) is 2. The number of benzene rings is 1. The van der Waals surface area contributed by atoms with Gasteiger partial charge in [0.2, 0.25) is 0 Å². The summed E-state index contributed by atoms with van der Waals surface area (Å²) in [4.78, 5) is 43.6. The Labute approximate surface area is 168 Å². The van der Waals surface area contributed by atoms with Gasteiger partial charge in [-0.3, -0.25) is 19.9 Å². The molecule has 2 aromatic heterocycles. The van der Waals surface area contributed by atoms with Crippen molar-refractivity contribution in [1.82, 2.24) is 15.3 Å². The van der Waals surface area contributed by atoms with E-state index in [1.165, 1.54) is 29.5 Å². The second-order valence-electron chi connectivity index (χ2n) is 5.71. The number of imide groups is 1. The zero-order chi connectivity index (χ0) is 20.6. The van der Waals surface area contributed by atoms with Crippen LogP contribution >= 0.6 is 11.3 Å². The Morgan fingerprint density at radius 2 is 1.97 bits per heavy atom. The van der Waals surface area contributed by atoms with Crippen molar-refractivity contribution >= 4 is 34.9 Å². The number of halogens is 1. The Balaban J connectivity index is 1.43. The number of rotatable bonds is 6. The number of carbonyl (C=O) groups excluding carboxylic acids is 3. The molecule has 0 radical (unpaired) electrons. The fourth-order valence-corrected chi connectivity index (χ4v) is 3.04. The summed E-state index contributed by atoms with van der Waals surface area (Å²) < 4.78 is 18.3. The fourth-order valence-electron chi connectivity index (χ4n) is 2.23. The van der Waals surface area contributed by atoms with Gasteiger partial charge in [0, 0.05) is 23.3 Å². The van der Waals surface area contributed by atoms with E-state index in [-0.39, 0.29) is 12.1 Å². The van der Waals surface area contributed by atoms with Gasteiger partial charge in [-0.1, -0.05) is 12.1 Å². The molecule has 3 amide bonds. The highest BCUT2D eigenvalue weighted by Gasteiger charge is 2.14. The van der Waals surface area contributed by atoms with Crippen LogP contribution in [0.15, 0.2) is 54.2 Å². The molecule has 29 heavy (non-hydrogen) atoms. The molecule has 10 heteroatoms. The number of amides is 3. The number of para-hydroxylation sites is 1. The van der Waals surface area contributed by atoms with E-state index in [2.05, 4.69) is 15.3 Å². The number of pyridine rings is 1. The number of anilines is 1. The minimum Gasteiger partial charge on any atom is -0.455 e. The third-order valence-corrected chi connectivity index (χ3v) is 4.47. The normalized spacial score (nSPS) is 10.2. The molecule has 0 saturated carbocycles. The van der Waals surface area contributed by atoms with Crippen LogP contribution < -0.4 is 10.6 Å². The standard InChI is InChI=1S/C19H15FN4O4S/c20-14-5-1-2-6-15(14)23-19(27)24-16(25)10-28-17(26)8-13-11-29-18(22-13)12-4-3-7-21-9-12/h1-7,9,11H,8,10H2,(H2,23,24,25,27). The van der Waals surface area contributed by atoms with Crippen LogP contribution in [0.3, 0.4) is 0 Å². The molecule has 0 aliphatic carbocycles. The van der Waals surface area contributed by atoms with E-state index in [9.17, 15) is 18.8 Å². The highest BCUT2D eigenvalue weighted by molar-refractivity contribution is 7.13. The van der Waals surface area contributed by atoms with Crippen molar-refractivity contribution in [2.75, 3.05) is 11.9 Å². The van der Waals surface area contributed by atoms with E-state index in [1.54, 1.807) is 23.8 Å². The van der Waals surface area contributed by atoms with Crippen molar-refractivity contribution in [2.45, 2.75) is 6.42 Å². The van der Waals surface area contributed by atoms with Crippen molar-refractivity contribution in [3.8, 4) is 10.6 Å². The van der Waals surface area contributed by atoms with Gasteiger partial charge in [-0.05, 0) is 24.3 Å². The van der Waals surface area contributed by atoms with Crippen LogP contribution in [-0.2, 0) is 20.7 Å². The van der Waals surface area contributed by atoms with Crippen molar-refractivity contribution in [1.29, 1.82) is 0 Å². The third kappa shape index (κ3) is 5.91. The summed E-state index contributed by atoms with van der Waals surface area (Å²) in [5.41, 5.74) is 1.25. The summed E-state index contributed by atoms with van der Waals surface area (Å²) in [6.45, 7) is -0.650. The average Bonchev–Trinajstić information content (AvgIpc) is 3.17. The molecule has 0 spiro atoms. The van der Waals surface area contributed by atoms with Gasteiger partial charge in [0.05, 0.1) is 17.8 Å². The largest absolute Gasteiger partial charge is 0.455 e. The molecule has 0 atom stereocenters. The molecule has 0 aliphatic rings. The van der Waals surface area contributed by atoms with Gasteiger partial charge in [-0.15, -0.1) is 11.3 Å². The van der Waals surface area contributed by atoms with Crippen LogP contribution in [0.5, 0.6) is 0 Å². The van der Waals surface area contributed by atoms with E-state index < -0.39 is 30.3 Å². The minimum atomic E-state index is -0.934. The van der Waals surface area contributed by atoms with E-state index in [0.29, 0.717) is 10.7 Å². The molecule has 2 heterocycles. The van der Waals surface area contributed by atoms with Crippen molar-refractivity contribution in [3.05, 3.63) is 65.7 Å². The van der Waals surface area contributed by atoms with Crippen LogP contribution in [-0.4, -0.2) is 34.5 Å². The summed E-state index contributed by atoms with van der Waals surface area (Å²) in [6.07, 6.45) is 3.19. The van der Waals surface area contributed by atoms with Crippen LogP contribution in [0, 0.1) is 5.82 Å². The van der Waals surface area contributed by atoms with Crippen LogP contribution in [0.1, 0.15) is 5.69 Å². The Hall–Kier alpha value is -3.66. The lowest BCUT2D eigenvalue weighted by molar-refractivity contribution is -0.147. The number of hydrogen-bond donors (Lipinski definition) is 2. The highest BCUT2D eigenvalue weighted by atomic mass is 32.1. The zero-order valence-electron chi connectivity index (χ0n) is 14.9. The molecular formula is C19H15FN4O4S. The third-order valence-electron chi connectivity index (χ3n) is 3.52. The maximum absolute atomic E-state index is 13.5. The Morgan fingerprint density at radius 3 is 2.72 bits per heavy atom. The quantitative estimate of drug-likeness (QED) is 0.600. The number of aromatic nitrogens is 2. The van der Waals surface area contributed by atoms with Gasteiger partial charge in [0.1, 0.15) is 10.8 Å². The molecule has 0 saturated heterocycles. The lowest BCUT2D eigenvalue weighted by atomic mass is 10.3. The lowest BCUT2D eigenvalue weighted by Crippen LogP contribution is -2.37. The minimum absolute atomic E-state index is 0.0808. The monoisotopic (exact) mass is 414 g/mol. The predicted octanol–water partition coefficient (Wildman–Crippen LogP) is 2.78. The van der Waals surface area contributed by atoms with E-state index in [1.807, 2.05) is 11.4 Å². The molecule has 8 nitrogen and oxygen atoms in total. The number of esters is 1. The summed E-state index contributed by atoms with van der Waals surface area (Å²) in [5, 5.41) is 6.56. The van der Waals surface area contributed by atoms with Gasteiger partial charge >= 0.3 is 12.0 Å². The fraction of sp³-hybridized carbons (Fsp3) is 0.105. The summed E-state index contributed by atoms with van der Waals surface area (Å²) in [6, 6.07) is 8.20. The Kier molecular flexibility index (Phi) is 6.59. The first-order valence-corrected chi connectivity index (χ1v) is 9.25. The molecule has 2 N–H and O–H groups in total. The lowest BCUT2D eigenvalue weighted by Gasteiger charge is -2.07.